The lowest BCUT2D eigenvalue weighted by atomic mass is 10.2. The first-order chi connectivity index (χ1) is 11.5. The number of hydrogen-bond acceptors (Lipinski definition) is 2. The SMILES string of the molecule is CNC(=O)c1ccc(NC(=O)C[NH+](C)Cc2ccccc2F)cc1. The molecule has 126 valence electrons. The van der Waals surface area contributed by atoms with Crippen molar-refractivity contribution in [1.29, 1.82) is 0 Å². The van der Waals surface area contributed by atoms with Crippen LogP contribution in [0.25, 0.3) is 0 Å². The summed E-state index contributed by atoms with van der Waals surface area (Å²) >= 11 is 0. The topological polar surface area (TPSA) is 62.6 Å². The summed E-state index contributed by atoms with van der Waals surface area (Å²) in [7, 11) is 3.40. The summed E-state index contributed by atoms with van der Waals surface area (Å²) in [5.41, 5.74) is 1.72. The maximum atomic E-state index is 13.6. The third-order valence-electron chi connectivity index (χ3n) is 3.57. The zero-order valence-corrected chi connectivity index (χ0v) is 13.7. The molecule has 2 aromatic carbocycles. The zero-order chi connectivity index (χ0) is 17.5. The molecule has 1 atom stereocenters. The largest absolute Gasteiger partial charge is 0.355 e. The molecule has 0 radical (unpaired) electrons. The average Bonchev–Trinajstić information content (AvgIpc) is 2.56. The molecule has 0 aliphatic rings. The highest BCUT2D eigenvalue weighted by atomic mass is 19.1. The third kappa shape index (κ3) is 4.89. The fraction of sp³-hybridized carbons (Fsp3) is 0.222. The number of likely N-dealkylation sites (N-methyl/N-ethyl adjacent to an activating group) is 1. The van der Waals surface area contributed by atoms with E-state index in [9.17, 15) is 14.0 Å². The fourth-order valence-corrected chi connectivity index (χ4v) is 2.36. The Kier molecular flexibility index (Phi) is 6.03. The van der Waals surface area contributed by atoms with Gasteiger partial charge in [-0.25, -0.2) is 4.39 Å². The van der Waals surface area contributed by atoms with Crippen LogP contribution in [0.3, 0.4) is 0 Å². The van der Waals surface area contributed by atoms with Crippen molar-refractivity contribution in [3.8, 4) is 0 Å². The van der Waals surface area contributed by atoms with Gasteiger partial charge in [0.1, 0.15) is 12.4 Å². The average molecular weight is 330 g/mol. The van der Waals surface area contributed by atoms with E-state index in [-0.39, 0.29) is 24.2 Å². The van der Waals surface area contributed by atoms with E-state index >= 15 is 0 Å². The van der Waals surface area contributed by atoms with Gasteiger partial charge in [-0.1, -0.05) is 18.2 Å². The zero-order valence-electron chi connectivity index (χ0n) is 13.7. The number of halogens is 1. The molecule has 0 spiro atoms. The van der Waals surface area contributed by atoms with Crippen molar-refractivity contribution in [2.45, 2.75) is 6.54 Å². The lowest BCUT2D eigenvalue weighted by Crippen LogP contribution is -3.08. The molecule has 0 aromatic heterocycles. The minimum atomic E-state index is -0.262. The summed E-state index contributed by atoms with van der Waals surface area (Å²) in [4.78, 5) is 24.4. The predicted molar refractivity (Wildman–Crippen MR) is 90.3 cm³/mol. The second-order valence-electron chi connectivity index (χ2n) is 5.61. The van der Waals surface area contributed by atoms with E-state index in [1.807, 2.05) is 7.05 Å². The predicted octanol–water partition coefficient (Wildman–Crippen LogP) is 0.839. The normalized spacial score (nSPS) is 11.6. The number of carbonyl (C=O) groups excluding carboxylic acids is 2. The van der Waals surface area contributed by atoms with Gasteiger partial charge in [0.25, 0.3) is 11.8 Å². The first-order valence-corrected chi connectivity index (χ1v) is 7.66. The quantitative estimate of drug-likeness (QED) is 0.735. The maximum absolute atomic E-state index is 13.6. The highest BCUT2D eigenvalue weighted by molar-refractivity contribution is 5.95. The summed E-state index contributed by atoms with van der Waals surface area (Å²) in [6.45, 7) is 0.640. The molecule has 24 heavy (non-hydrogen) atoms. The van der Waals surface area contributed by atoms with Crippen LogP contribution < -0.4 is 15.5 Å². The second kappa shape index (κ2) is 8.21. The van der Waals surface area contributed by atoms with Gasteiger partial charge in [-0.15, -0.1) is 0 Å². The summed E-state index contributed by atoms with van der Waals surface area (Å²) < 4.78 is 13.6. The molecular weight excluding hydrogens is 309 g/mol. The number of anilines is 1. The Morgan fingerprint density at radius 3 is 2.38 bits per heavy atom. The molecule has 1 unspecified atom stereocenters. The Morgan fingerprint density at radius 1 is 1.08 bits per heavy atom. The highest BCUT2D eigenvalue weighted by Gasteiger charge is 2.13. The number of benzene rings is 2. The van der Waals surface area contributed by atoms with Crippen LogP contribution in [-0.4, -0.2) is 32.5 Å². The minimum absolute atomic E-state index is 0.170. The molecular formula is C18H21FN3O2+. The monoisotopic (exact) mass is 330 g/mol. The summed E-state index contributed by atoms with van der Waals surface area (Å²) in [5, 5.41) is 5.31. The van der Waals surface area contributed by atoms with E-state index < -0.39 is 0 Å². The lowest BCUT2D eigenvalue weighted by Gasteiger charge is -2.14. The van der Waals surface area contributed by atoms with Gasteiger partial charge in [-0.2, -0.15) is 0 Å². The molecule has 2 rings (SSSR count). The van der Waals surface area contributed by atoms with Crippen LogP contribution in [-0.2, 0) is 11.3 Å². The molecule has 0 heterocycles. The summed E-state index contributed by atoms with van der Waals surface area (Å²) in [5.74, 6) is -0.611. The van der Waals surface area contributed by atoms with Gasteiger partial charge in [0, 0.05) is 23.9 Å². The van der Waals surface area contributed by atoms with E-state index in [4.69, 9.17) is 0 Å². The number of nitrogens with one attached hydrogen (secondary N) is 3. The van der Waals surface area contributed by atoms with Crippen LogP contribution in [0.15, 0.2) is 48.5 Å². The smallest absolute Gasteiger partial charge is 0.279 e. The van der Waals surface area contributed by atoms with Gasteiger partial charge in [0.05, 0.1) is 7.05 Å². The van der Waals surface area contributed by atoms with Crippen LogP contribution in [0.1, 0.15) is 15.9 Å². The van der Waals surface area contributed by atoms with Crippen molar-refractivity contribution < 1.29 is 18.9 Å². The number of rotatable bonds is 6. The number of amides is 2. The van der Waals surface area contributed by atoms with E-state index in [0.717, 1.165) is 4.90 Å². The Bertz CT molecular complexity index is 716. The molecule has 0 fully saturated rings. The second-order valence-corrected chi connectivity index (χ2v) is 5.61. The Balaban J connectivity index is 1.88. The Hall–Kier alpha value is -2.73. The molecule has 5 nitrogen and oxygen atoms in total. The number of quaternary nitrogens is 1. The van der Waals surface area contributed by atoms with Crippen LogP contribution in [0.5, 0.6) is 0 Å². The first kappa shape index (κ1) is 17.6. The molecule has 0 aliphatic heterocycles. The van der Waals surface area contributed by atoms with Gasteiger partial charge in [-0.3, -0.25) is 9.59 Å². The molecule has 3 N–H and O–H groups in total. The molecule has 0 saturated heterocycles. The van der Waals surface area contributed by atoms with E-state index in [1.54, 1.807) is 49.5 Å². The van der Waals surface area contributed by atoms with Crippen molar-refractivity contribution in [3.63, 3.8) is 0 Å². The van der Waals surface area contributed by atoms with Gasteiger partial charge in [-0.05, 0) is 30.3 Å². The minimum Gasteiger partial charge on any atom is -0.355 e. The molecule has 0 bridgehead atoms. The first-order valence-electron chi connectivity index (χ1n) is 7.66. The third-order valence-corrected chi connectivity index (χ3v) is 3.57. The molecule has 0 saturated carbocycles. The molecule has 2 amide bonds. The number of carbonyl (C=O) groups is 2. The van der Waals surface area contributed by atoms with Crippen LogP contribution in [0.4, 0.5) is 10.1 Å². The van der Waals surface area contributed by atoms with Crippen molar-refractivity contribution in [1.82, 2.24) is 5.32 Å². The van der Waals surface area contributed by atoms with Crippen molar-refractivity contribution >= 4 is 17.5 Å². The van der Waals surface area contributed by atoms with E-state index in [2.05, 4.69) is 10.6 Å². The number of hydrogen-bond donors (Lipinski definition) is 3. The fourth-order valence-electron chi connectivity index (χ4n) is 2.36. The maximum Gasteiger partial charge on any atom is 0.279 e. The summed E-state index contributed by atoms with van der Waals surface area (Å²) in [6, 6.07) is 13.2. The van der Waals surface area contributed by atoms with Gasteiger partial charge < -0.3 is 15.5 Å². The van der Waals surface area contributed by atoms with Crippen molar-refractivity contribution in [2.75, 3.05) is 26.0 Å². The highest BCUT2D eigenvalue weighted by Crippen LogP contribution is 2.09. The molecule has 6 heteroatoms. The Labute approximate surface area is 140 Å². The molecule has 2 aromatic rings. The lowest BCUT2D eigenvalue weighted by molar-refractivity contribution is -0.885. The van der Waals surface area contributed by atoms with E-state index in [1.165, 1.54) is 6.07 Å². The molecule has 0 aliphatic carbocycles. The standard InChI is InChI=1S/C18H20FN3O2/c1-20-18(24)13-7-9-15(10-8-13)21-17(23)12-22(2)11-14-5-3-4-6-16(14)19/h3-10H,11-12H2,1-2H3,(H,20,24)(H,21,23)/p+1. The van der Waals surface area contributed by atoms with Gasteiger partial charge in [0.15, 0.2) is 6.54 Å². The van der Waals surface area contributed by atoms with Crippen LogP contribution in [0, 0.1) is 5.82 Å². The van der Waals surface area contributed by atoms with Crippen LogP contribution in [0.2, 0.25) is 0 Å². The Morgan fingerprint density at radius 2 is 1.75 bits per heavy atom. The summed E-state index contributed by atoms with van der Waals surface area (Å²) in [6.07, 6.45) is 0. The van der Waals surface area contributed by atoms with Gasteiger partial charge >= 0.3 is 0 Å². The van der Waals surface area contributed by atoms with E-state index in [0.29, 0.717) is 23.4 Å². The van der Waals surface area contributed by atoms with Crippen molar-refractivity contribution in [3.05, 3.63) is 65.5 Å². The van der Waals surface area contributed by atoms with Gasteiger partial charge in [0.2, 0.25) is 0 Å². The van der Waals surface area contributed by atoms with Crippen molar-refractivity contribution in [2.24, 2.45) is 0 Å². The van der Waals surface area contributed by atoms with Crippen LogP contribution >= 0.6 is 0 Å².